The van der Waals surface area contributed by atoms with Crippen molar-refractivity contribution in [3.63, 3.8) is 0 Å². The Bertz CT molecular complexity index is 1400. The minimum atomic E-state index is -5.12. The van der Waals surface area contributed by atoms with Crippen LogP contribution in [0.4, 0.5) is 18.0 Å². The van der Waals surface area contributed by atoms with Gasteiger partial charge in [0, 0.05) is 56.6 Å². The van der Waals surface area contributed by atoms with Gasteiger partial charge < -0.3 is 10.2 Å². The van der Waals surface area contributed by atoms with Crippen molar-refractivity contribution in [3.05, 3.63) is 52.0 Å². The number of benzene rings is 1. The van der Waals surface area contributed by atoms with Crippen LogP contribution in [0.15, 0.2) is 40.7 Å². The fraction of sp³-hybridized carbons (Fsp3) is 0.400. The van der Waals surface area contributed by atoms with E-state index in [2.05, 4.69) is 27.7 Å². The second-order valence-corrected chi connectivity index (χ2v) is 9.25. The number of urea groups is 1. The number of dihydropyridines is 1. The number of halogens is 3. The maximum Gasteiger partial charge on any atom is 0.471 e. The molecule has 0 bridgehead atoms. The first-order valence-corrected chi connectivity index (χ1v) is 11.8. The summed E-state index contributed by atoms with van der Waals surface area (Å²) in [5.74, 6) is -2.71. The Morgan fingerprint density at radius 3 is 2.26 bits per heavy atom. The number of hydrogen-bond donors (Lipinski definition) is 2. The Hall–Kier alpha value is -4.36. The summed E-state index contributed by atoms with van der Waals surface area (Å²) in [6.45, 7) is 5.12. The lowest BCUT2D eigenvalue weighted by Gasteiger charge is -2.36. The van der Waals surface area contributed by atoms with E-state index in [0.29, 0.717) is 47.7 Å². The molecule has 13 heteroatoms. The molecular weight excluding hydrogens is 501 g/mol. The van der Waals surface area contributed by atoms with Crippen molar-refractivity contribution < 1.29 is 22.8 Å². The Morgan fingerprint density at radius 2 is 1.71 bits per heavy atom. The highest BCUT2D eigenvalue weighted by molar-refractivity contribution is 5.96. The van der Waals surface area contributed by atoms with Crippen LogP contribution in [0.3, 0.4) is 0 Å². The molecule has 2 aliphatic heterocycles. The summed E-state index contributed by atoms with van der Waals surface area (Å²) in [4.78, 5) is 27.1. The molecule has 2 aromatic rings. The quantitative estimate of drug-likeness (QED) is 0.628. The van der Waals surface area contributed by atoms with Crippen LogP contribution in [0.1, 0.15) is 31.0 Å². The van der Waals surface area contributed by atoms with Gasteiger partial charge in [-0.05, 0) is 31.5 Å². The van der Waals surface area contributed by atoms with Gasteiger partial charge in [-0.25, -0.2) is 4.79 Å². The number of carbonyl (C=O) groups excluding carboxylic acids is 2. The average molecular weight is 527 g/mol. The number of carbonyl (C=O) groups is 2. The number of nitrogens with zero attached hydrogens (tertiary/aromatic N) is 6. The molecule has 3 heterocycles. The number of piperazine rings is 1. The van der Waals surface area contributed by atoms with Gasteiger partial charge in [-0.3, -0.25) is 19.7 Å². The molecule has 198 valence electrons. The van der Waals surface area contributed by atoms with Crippen LogP contribution in [0.25, 0.3) is 10.9 Å². The van der Waals surface area contributed by atoms with Gasteiger partial charge in [-0.15, -0.1) is 0 Å². The van der Waals surface area contributed by atoms with E-state index >= 15 is 0 Å². The maximum atomic E-state index is 12.7. The van der Waals surface area contributed by atoms with Gasteiger partial charge in [-0.2, -0.15) is 28.8 Å². The van der Waals surface area contributed by atoms with Crippen molar-refractivity contribution in [1.29, 1.82) is 10.5 Å². The number of H-pyrrole nitrogens is 1. The van der Waals surface area contributed by atoms with Crippen LogP contribution in [0.2, 0.25) is 0 Å². The first kappa shape index (κ1) is 26.7. The zero-order valence-corrected chi connectivity index (χ0v) is 21.0. The predicted molar refractivity (Wildman–Crippen MR) is 130 cm³/mol. The lowest BCUT2D eigenvalue weighted by atomic mass is 9.81. The lowest BCUT2D eigenvalue weighted by Crippen LogP contribution is -2.54. The smallest absolute Gasteiger partial charge is 0.361 e. The monoisotopic (exact) mass is 526 g/mol. The number of alkyl halides is 3. The topological polar surface area (TPSA) is 132 Å². The first-order valence-electron chi connectivity index (χ1n) is 11.8. The zero-order valence-electron chi connectivity index (χ0n) is 21.0. The van der Waals surface area contributed by atoms with Gasteiger partial charge in [0.15, 0.2) is 0 Å². The summed E-state index contributed by atoms with van der Waals surface area (Å²) >= 11 is 0. The van der Waals surface area contributed by atoms with Crippen LogP contribution < -0.4 is 5.32 Å². The number of nitriles is 2. The van der Waals surface area contributed by atoms with E-state index in [4.69, 9.17) is 0 Å². The number of imide groups is 1. The van der Waals surface area contributed by atoms with E-state index in [0.717, 1.165) is 23.7 Å². The van der Waals surface area contributed by atoms with Gasteiger partial charge in [0.25, 0.3) is 0 Å². The van der Waals surface area contributed by atoms with Crippen molar-refractivity contribution in [2.45, 2.75) is 32.5 Å². The summed E-state index contributed by atoms with van der Waals surface area (Å²) in [7, 11) is 0.823. The molecule has 0 spiro atoms. The van der Waals surface area contributed by atoms with E-state index in [1.807, 2.05) is 23.1 Å². The van der Waals surface area contributed by atoms with E-state index in [1.165, 1.54) is 4.90 Å². The number of aromatic nitrogens is 2. The molecule has 4 rings (SSSR count). The molecule has 38 heavy (non-hydrogen) atoms. The third-order valence-electron chi connectivity index (χ3n) is 6.85. The highest BCUT2D eigenvalue weighted by Crippen LogP contribution is 2.38. The number of rotatable bonds is 3. The molecule has 0 unspecified atom stereocenters. The summed E-state index contributed by atoms with van der Waals surface area (Å²) in [5.41, 5.74) is 4.59. The second kappa shape index (κ2) is 10.2. The van der Waals surface area contributed by atoms with Crippen molar-refractivity contribution in [2.75, 3.05) is 33.2 Å². The van der Waals surface area contributed by atoms with Crippen molar-refractivity contribution in [2.24, 2.45) is 0 Å². The number of amides is 3. The zero-order chi connectivity index (χ0) is 27.8. The normalized spacial score (nSPS) is 17.3. The molecule has 0 aliphatic carbocycles. The molecule has 1 aromatic heterocycles. The molecule has 3 amide bonds. The van der Waals surface area contributed by atoms with E-state index in [9.17, 15) is 33.3 Å². The van der Waals surface area contributed by atoms with Crippen LogP contribution in [-0.2, 0) is 11.3 Å². The van der Waals surface area contributed by atoms with Crippen LogP contribution in [0.5, 0.6) is 0 Å². The van der Waals surface area contributed by atoms with E-state index in [1.54, 1.807) is 13.8 Å². The molecule has 1 fully saturated rings. The lowest BCUT2D eigenvalue weighted by molar-refractivity contribution is -0.181. The number of nitrogens with one attached hydrogen (secondary N) is 2. The van der Waals surface area contributed by atoms with Gasteiger partial charge in [-0.1, -0.05) is 6.07 Å². The predicted octanol–water partition coefficient (Wildman–Crippen LogP) is 3.10. The Morgan fingerprint density at radius 1 is 1.11 bits per heavy atom. The first-order chi connectivity index (χ1) is 18.0. The Balaban J connectivity index is 1.51. The fourth-order valence-corrected chi connectivity index (χ4v) is 4.81. The Labute approximate surface area is 216 Å². The SMILES string of the molecule is CC1=C(C#N)C(c2ccc3n[nH]c(CN4CCN(C(=O)N(C)C(=O)C(F)(F)F)CC4)c3c2)C(C#N)=C(C)N1. The number of hydrogen-bond acceptors (Lipinski definition) is 7. The molecule has 10 nitrogen and oxygen atoms in total. The summed E-state index contributed by atoms with van der Waals surface area (Å²) < 4.78 is 38.0. The number of aromatic amines is 1. The molecular formula is C25H25F3N8O2. The van der Waals surface area contributed by atoms with Crippen molar-refractivity contribution >= 4 is 22.8 Å². The van der Waals surface area contributed by atoms with Gasteiger partial charge >= 0.3 is 18.1 Å². The van der Waals surface area contributed by atoms with Crippen molar-refractivity contribution in [3.8, 4) is 12.1 Å². The average Bonchev–Trinajstić information content (AvgIpc) is 3.28. The van der Waals surface area contributed by atoms with E-state index < -0.39 is 24.0 Å². The number of fused-ring (bicyclic) bond motifs is 1. The minimum Gasteiger partial charge on any atom is -0.361 e. The van der Waals surface area contributed by atoms with Gasteiger partial charge in [0.1, 0.15) is 0 Å². The van der Waals surface area contributed by atoms with Crippen LogP contribution >= 0.6 is 0 Å². The van der Waals surface area contributed by atoms with Crippen molar-refractivity contribution in [1.82, 2.24) is 30.2 Å². The Kier molecular flexibility index (Phi) is 7.16. The molecule has 0 radical (unpaired) electrons. The van der Waals surface area contributed by atoms with E-state index in [-0.39, 0.29) is 18.0 Å². The molecule has 1 aromatic carbocycles. The van der Waals surface area contributed by atoms with Gasteiger partial charge in [0.05, 0.1) is 40.4 Å². The van der Waals surface area contributed by atoms with Crippen LogP contribution in [0, 0.1) is 22.7 Å². The number of allylic oxidation sites excluding steroid dienone is 4. The minimum absolute atomic E-state index is 0.0949. The molecule has 0 saturated carbocycles. The third-order valence-corrected chi connectivity index (χ3v) is 6.85. The highest BCUT2D eigenvalue weighted by Gasteiger charge is 2.44. The van der Waals surface area contributed by atoms with Crippen LogP contribution in [-0.4, -0.2) is 76.2 Å². The standard InChI is InChI=1S/C25H25F3N8O2/c1-14-18(11-29)22(19(12-30)15(2)31-14)16-4-5-20-17(10-16)21(33-32-20)13-35-6-8-36(9-7-35)24(38)34(3)23(37)25(26,27)28/h4-5,10,22,31H,6-9,13H2,1-3H3,(H,32,33). The molecule has 1 saturated heterocycles. The molecule has 0 atom stereocenters. The summed E-state index contributed by atoms with van der Waals surface area (Å²) in [5, 5.41) is 30.9. The highest BCUT2D eigenvalue weighted by atomic mass is 19.4. The molecule has 2 N–H and O–H groups in total. The largest absolute Gasteiger partial charge is 0.471 e. The maximum absolute atomic E-state index is 12.7. The van der Waals surface area contributed by atoms with Gasteiger partial charge in [0.2, 0.25) is 0 Å². The summed E-state index contributed by atoms with van der Waals surface area (Å²) in [6, 6.07) is 9.05. The third kappa shape index (κ3) is 4.93. The summed E-state index contributed by atoms with van der Waals surface area (Å²) in [6.07, 6.45) is -5.12. The second-order valence-electron chi connectivity index (χ2n) is 9.25. The fourth-order valence-electron chi connectivity index (χ4n) is 4.81. The molecule has 2 aliphatic rings.